The van der Waals surface area contributed by atoms with Gasteiger partial charge in [-0.1, -0.05) is 121 Å². The van der Waals surface area contributed by atoms with Gasteiger partial charge in [-0.2, -0.15) is 0 Å². The van der Waals surface area contributed by atoms with E-state index in [1.807, 2.05) is 180 Å². The molecule has 2 aromatic heterocycles. The van der Waals surface area contributed by atoms with Gasteiger partial charge in [0.1, 0.15) is 37.5 Å². The molecular weight excluding hydrogens is 773 g/mol. The highest BCUT2D eigenvalue weighted by Gasteiger charge is 2.51. The van der Waals surface area contributed by atoms with E-state index in [1.54, 1.807) is 0 Å². The van der Waals surface area contributed by atoms with E-state index >= 15 is 0 Å². The van der Waals surface area contributed by atoms with Crippen LogP contribution in [0.3, 0.4) is 0 Å². The third-order valence-electron chi connectivity index (χ3n) is 10.4. The van der Waals surface area contributed by atoms with Crippen molar-refractivity contribution < 1.29 is 33.4 Å². The summed E-state index contributed by atoms with van der Waals surface area (Å²) in [6, 6.07) is 42.4. The number of ether oxygens (including phenoxy) is 3. The lowest BCUT2D eigenvalue weighted by Gasteiger charge is -2.25. The second-order valence-corrected chi connectivity index (χ2v) is 15.0. The number of carbonyl (C=O) groups is 4. The summed E-state index contributed by atoms with van der Waals surface area (Å²) in [6.07, 6.45) is 5.62. The fourth-order valence-electron chi connectivity index (χ4n) is 7.19. The maximum absolute atomic E-state index is 14.3. The molecule has 0 spiro atoms. The van der Waals surface area contributed by atoms with Gasteiger partial charge in [0.05, 0.1) is 25.2 Å². The van der Waals surface area contributed by atoms with E-state index < -0.39 is 60.4 Å². The zero-order valence-electron chi connectivity index (χ0n) is 33.6. The van der Waals surface area contributed by atoms with Crippen LogP contribution in [0.1, 0.15) is 22.3 Å². The van der Waals surface area contributed by atoms with E-state index in [1.165, 1.54) is 0 Å². The van der Waals surface area contributed by atoms with Gasteiger partial charge in [0, 0.05) is 24.8 Å². The lowest BCUT2D eigenvalue weighted by Crippen LogP contribution is -2.55. The molecule has 61 heavy (non-hydrogen) atoms. The molecule has 4 N–H and O–H groups in total. The third-order valence-corrected chi connectivity index (χ3v) is 10.4. The van der Waals surface area contributed by atoms with Crippen LogP contribution < -0.4 is 21.3 Å². The van der Waals surface area contributed by atoms with Crippen LogP contribution in [0.2, 0.25) is 0 Å². The molecule has 13 heteroatoms. The molecule has 0 saturated carbocycles. The number of nitrogens with one attached hydrogen (secondary N) is 4. The number of alkyl carbamates (subject to hydrolysis) is 2. The highest BCUT2D eigenvalue weighted by atomic mass is 16.6. The lowest BCUT2D eigenvalue weighted by molar-refractivity contribution is -0.125. The number of hydrogen-bond donors (Lipinski definition) is 4. The molecule has 0 bridgehead atoms. The number of hydrogen-bond acceptors (Lipinski definition) is 7. The Labute approximate surface area is 355 Å². The second-order valence-electron chi connectivity index (χ2n) is 15.0. The third kappa shape index (κ3) is 12.9. The Hall–Kier alpha value is -7.12. The zero-order chi connectivity index (χ0) is 42.2. The van der Waals surface area contributed by atoms with Crippen molar-refractivity contribution >= 4 is 24.0 Å². The van der Waals surface area contributed by atoms with E-state index in [0.717, 1.165) is 22.3 Å². The number of rotatable bonds is 20. The van der Waals surface area contributed by atoms with Crippen molar-refractivity contribution in [1.82, 2.24) is 30.4 Å². The van der Waals surface area contributed by atoms with Crippen LogP contribution in [0.4, 0.5) is 9.59 Å². The highest BCUT2D eigenvalue weighted by molar-refractivity contribution is 5.86. The smallest absolute Gasteiger partial charge is 0.408 e. The van der Waals surface area contributed by atoms with E-state index in [-0.39, 0.29) is 26.3 Å². The first kappa shape index (κ1) is 42.0. The van der Waals surface area contributed by atoms with Crippen LogP contribution in [0, 0.1) is 0 Å². The van der Waals surface area contributed by atoms with Crippen LogP contribution in [-0.2, 0) is 62.9 Å². The molecule has 1 saturated heterocycles. The molecule has 1 aliphatic rings. The van der Waals surface area contributed by atoms with Crippen molar-refractivity contribution in [1.29, 1.82) is 0 Å². The van der Waals surface area contributed by atoms with Gasteiger partial charge in [0.15, 0.2) is 0 Å². The summed E-state index contributed by atoms with van der Waals surface area (Å²) in [5.74, 6) is -0.844. The minimum Gasteiger partial charge on any atom is -0.445 e. The first-order valence-electron chi connectivity index (χ1n) is 20.4. The van der Waals surface area contributed by atoms with Gasteiger partial charge >= 0.3 is 12.2 Å². The molecule has 314 valence electrons. The van der Waals surface area contributed by atoms with Crippen molar-refractivity contribution in [2.45, 2.75) is 75.5 Å². The number of epoxide rings is 1. The quantitative estimate of drug-likeness (QED) is 0.0710. The Bertz CT molecular complexity index is 2100. The number of benzene rings is 4. The maximum atomic E-state index is 14.3. The standard InChI is InChI=1S/C48H50N6O7/c55-45(41(31-53-25-13-14-26-53)51-47(57)59-33-37-21-9-3-10-22-37)49-39(29-35-17-5-1-6-18-35)43-44(61-43)40(30-36-19-7-2-8-20-36)50-46(56)42(32-54-27-15-16-28-54)52-48(58)60-34-38-23-11-4-12-24-38/h1-28,39-44H,29-34H2,(H,49,55)(H,50,56)(H,51,57)(H,52,58)/t39-,40-,41-,42-,43-,44+/m0/s1. The molecule has 13 nitrogen and oxygen atoms in total. The van der Waals surface area contributed by atoms with Crippen LogP contribution in [0.25, 0.3) is 0 Å². The molecule has 4 aromatic carbocycles. The summed E-state index contributed by atoms with van der Waals surface area (Å²) >= 11 is 0. The van der Waals surface area contributed by atoms with E-state index in [4.69, 9.17) is 14.2 Å². The Morgan fingerprint density at radius 1 is 0.459 bits per heavy atom. The number of nitrogens with zero attached hydrogens (tertiary/aromatic N) is 2. The molecule has 6 atom stereocenters. The fraction of sp³-hybridized carbons (Fsp3) is 0.250. The number of carbonyl (C=O) groups excluding carboxylic acids is 4. The zero-order valence-corrected chi connectivity index (χ0v) is 33.6. The van der Waals surface area contributed by atoms with Crippen LogP contribution in [0.15, 0.2) is 170 Å². The predicted octanol–water partition coefficient (Wildman–Crippen LogP) is 5.80. The Kier molecular flexibility index (Phi) is 14.6. The normalized spacial score (nSPS) is 16.2. The molecule has 0 radical (unpaired) electrons. The van der Waals surface area contributed by atoms with Crippen LogP contribution in [-0.4, -0.2) is 69.5 Å². The molecule has 4 amide bonds. The first-order chi connectivity index (χ1) is 29.9. The fourth-order valence-corrected chi connectivity index (χ4v) is 7.19. The van der Waals surface area contributed by atoms with Crippen molar-refractivity contribution in [3.63, 3.8) is 0 Å². The van der Waals surface area contributed by atoms with Gasteiger partial charge in [-0.05, 0) is 59.4 Å². The first-order valence-corrected chi connectivity index (χ1v) is 20.4. The second kappa shape index (κ2) is 21.2. The van der Waals surface area contributed by atoms with Gasteiger partial charge in [-0.25, -0.2) is 9.59 Å². The predicted molar refractivity (Wildman–Crippen MR) is 229 cm³/mol. The van der Waals surface area contributed by atoms with Gasteiger partial charge in [-0.15, -0.1) is 0 Å². The summed E-state index contributed by atoms with van der Waals surface area (Å²) in [4.78, 5) is 54.7. The van der Waals surface area contributed by atoms with Crippen molar-refractivity contribution in [3.05, 3.63) is 193 Å². The average molecular weight is 823 g/mol. The summed E-state index contributed by atoms with van der Waals surface area (Å²) in [6.45, 7) is 0.402. The van der Waals surface area contributed by atoms with Crippen molar-refractivity contribution in [2.24, 2.45) is 0 Å². The molecule has 6 aromatic rings. The summed E-state index contributed by atoms with van der Waals surface area (Å²) in [7, 11) is 0. The van der Waals surface area contributed by atoms with Crippen molar-refractivity contribution in [2.75, 3.05) is 0 Å². The molecule has 3 heterocycles. The molecule has 0 aliphatic carbocycles. The van der Waals surface area contributed by atoms with E-state index in [0.29, 0.717) is 12.8 Å². The SMILES string of the molecule is O=C(N[C@@H](Cn1cccc1)C(=O)N[C@@H](Cc1ccccc1)[C@@H]1O[C@@H]1[C@H](Cc1ccccc1)NC(=O)[C@H](Cn1cccc1)NC(=O)OCc1ccccc1)OCc1ccccc1. The molecule has 1 fully saturated rings. The monoisotopic (exact) mass is 822 g/mol. The highest BCUT2D eigenvalue weighted by Crippen LogP contribution is 2.32. The Balaban J connectivity index is 1.08. The number of amides is 4. The molecular formula is C48H50N6O7. The summed E-state index contributed by atoms with van der Waals surface area (Å²) in [5, 5.41) is 11.9. The lowest BCUT2D eigenvalue weighted by atomic mass is 9.95. The minimum absolute atomic E-state index is 0.0456. The summed E-state index contributed by atoms with van der Waals surface area (Å²) < 4.78 is 21.1. The topological polar surface area (TPSA) is 157 Å². The minimum atomic E-state index is -0.992. The van der Waals surface area contributed by atoms with Gasteiger partial charge in [-0.3, -0.25) is 9.59 Å². The van der Waals surface area contributed by atoms with Gasteiger partial charge < -0.3 is 44.6 Å². The van der Waals surface area contributed by atoms with Gasteiger partial charge in [0.25, 0.3) is 0 Å². The number of aromatic nitrogens is 2. The average Bonchev–Trinajstić information content (AvgIpc) is 3.59. The van der Waals surface area contributed by atoms with Crippen LogP contribution >= 0.6 is 0 Å². The Morgan fingerprint density at radius 3 is 1.13 bits per heavy atom. The molecule has 0 unspecified atom stereocenters. The molecule has 1 aliphatic heterocycles. The van der Waals surface area contributed by atoms with Crippen LogP contribution in [0.5, 0.6) is 0 Å². The van der Waals surface area contributed by atoms with E-state index in [9.17, 15) is 19.2 Å². The Morgan fingerprint density at radius 2 is 0.787 bits per heavy atom. The maximum Gasteiger partial charge on any atom is 0.408 e. The largest absolute Gasteiger partial charge is 0.445 e. The molecule has 7 rings (SSSR count). The van der Waals surface area contributed by atoms with Gasteiger partial charge in [0.2, 0.25) is 11.8 Å². The van der Waals surface area contributed by atoms with E-state index in [2.05, 4.69) is 21.3 Å². The summed E-state index contributed by atoms with van der Waals surface area (Å²) in [5.41, 5.74) is 3.56. The van der Waals surface area contributed by atoms with Crippen molar-refractivity contribution in [3.8, 4) is 0 Å².